The minimum atomic E-state index is 0.583. The summed E-state index contributed by atoms with van der Waals surface area (Å²) in [7, 11) is 0. The van der Waals surface area contributed by atoms with Crippen molar-refractivity contribution >= 4 is 22.1 Å². The van der Waals surface area contributed by atoms with E-state index in [2.05, 4.69) is 91.0 Å². The summed E-state index contributed by atoms with van der Waals surface area (Å²) in [5.74, 6) is 2.56. The first-order valence-electron chi connectivity index (χ1n) is 18.2. The van der Waals surface area contributed by atoms with Gasteiger partial charge in [-0.3, -0.25) is 0 Å². The standard InChI is InChI=1S/C49H31N5O/c1-4-12-36(13-5-1)44-43-41-18-10-11-19-42(41)55-49(43)54-45(50-44)39-28-24-34(25-29-39)32-20-22-33(23-21-32)35-26-30-40(31-27-35)48-52-46(37-14-6-2-7-15-37)51-47(53-48)38-16-8-3-9-17-38/h1-31H. The number of hydrogen-bond donors (Lipinski definition) is 0. The number of aromatic nitrogens is 5. The van der Waals surface area contributed by atoms with E-state index in [9.17, 15) is 0 Å². The van der Waals surface area contributed by atoms with E-state index < -0.39 is 0 Å². The summed E-state index contributed by atoms with van der Waals surface area (Å²) in [4.78, 5) is 24.6. The minimum Gasteiger partial charge on any atom is -0.438 e. The van der Waals surface area contributed by atoms with Crippen molar-refractivity contribution in [3.8, 4) is 79.1 Å². The van der Waals surface area contributed by atoms with Crippen LogP contribution in [0.15, 0.2) is 192 Å². The zero-order valence-electron chi connectivity index (χ0n) is 29.5. The highest BCUT2D eigenvalue weighted by Gasteiger charge is 2.18. The number of hydrogen-bond acceptors (Lipinski definition) is 6. The first-order chi connectivity index (χ1) is 27.2. The van der Waals surface area contributed by atoms with E-state index in [0.29, 0.717) is 29.0 Å². The molecule has 0 radical (unpaired) electrons. The molecule has 6 nitrogen and oxygen atoms in total. The van der Waals surface area contributed by atoms with Crippen molar-refractivity contribution in [2.24, 2.45) is 0 Å². The first kappa shape index (κ1) is 32.1. The maximum absolute atomic E-state index is 6.23. The second-order valence-corrected chi connectivity index (χ2v) is 13.3. The molecule has 0 atom stereocenters. The Balaban J connectivity index is 0.921. The van der Waals surface area contributed by atoms with Crippen LogP contribution in [0.4, 0.5) is 0 Å². The van der Waals surface area contributed by atoms with Crippen LogP contribution in [0, 0.1) is 0 Å². The molecule has 3 aromatic heterocycles. The van der Waals surface area contributed by atoms with Crippen molar-refractivity contribution in [1.29, 1.82) is 0 Å². The highest BCUT2D eigenvalue weighted by molar-refractivity contribution is 6.10. The molecule has 0 spiro atoms. The molecular formula is C49H31N5O. The Labute approximate surface area is 317 Å². The lowest BCUT2D eigenvalue weighted by atomic mass is 9.98. The number of nitrogens with zero attached hydrogens (tertiary/aromatic N) is 5. The molecule has 0 N–H and O–H groups in total. The van der Waals surface area contributed by atoms with Crippen LogP contribution >= 0.6 is 0 Å². The first-order valence-corrected chi connectivity index (χ1v) is 18.2. The van der Waals surface area contributed by atoms with E-state index in [4.69, 9.17) is 29.3 Å². The second-order valence-electron chi connectivity index (χ2n) is 13.3. The maximum Gasteiger partial charge on any atom is 0.231 e. The highest BCUT2D eigenvalue weighted by atomic mass is 16.3. The summed E-state index contributed by atoms with van der Waals surface area (Å²) in [5, 5.41) is 1.94. The van der Waals surface area contributed by atoms with Crippen molar-refractivity contribution < 1.29 is 4.42 Å². The second kappa shape index (κ2) is 13.8. The highest BCUT2D eigenvalue weighted by Crippen LogP contribution is 2.37. The van der Waals surface area contributed by atoms with Crippen LogP contribution in [-0.2, 0) is 0 Å². The van der Waals surface area contributed by atoms with E-state index >= 15 is 0 Å². The fraction of sp³-hybridized carbons (Fsp3) is 0. The Morgan fingerprint density at radius 2 is 0.618 bits per heavy atom. The molecule has 0 bridgehead atoms. The zero-order valence-corrected chi connectivity index (χ0v) is 29.5. The van der Waals surface area contributed by atoms with Gasteiger partial charge in [0.15, 0.2) is 23.3 Å². The molecule has 6 heteroatoms. The molecule has 0 unspecified atom stereocenters. The summed E-state index contributed by atoms with van der Waals surface area (Å²) in [6, 6.07) is 63.7. The molecular weight excluding hydrogens is 675 g/mol. The molecule has 0 aliphatic carbocycles. The van der Waals surface area contributed by atoms with E-state index in [1.54, 1.807) is 0 Å². The van der Waals surface area contributed by atoms with Crippen LogP contribution in [0.25, 0.3) is 101 Å². The van der Waals surface area contributed by atoms with Gasteiger partial charge in [0.2, 0.25) is 5.71 Å². The lowest BCUT2D eigenvalue weighted by molar-refractivity contribution is 0.653. The third kappa shape index (κ3) is 6.22. The molecule has 0 amide bonds. The Kier molecular flexibility index (Phi) is 8.04. The molecule has 10 rings (SSSR count). The third-order valence-corrected chi connectivity index (χ3v) is 9.82. The molecule has 0 saturated carbocycles. The summed E-state index contributed by atoms with van der Waals surface area (Å²) in [6.07, 6.45) is 0. The van der Waals surface area contributed by atoms with Crippen molar-refractivity contribution in [2.75, 3.05) is 0 Å². The number of fused-ring (bicyclic) bond motifs is 3. The van der Waals surface area contributed by atoms with Crippen LogP contribution in [0.1, 0.15) is 0 Å². The van der Waals surface area contributed by atoms with Crippen LogP contribution in [0.2, 0.25) is 0 Å². The largest absolute Gasteiger partial charge is 0.438 e. The molecule has 0 saturated heterocycles. The van der Waals surface area contributed by atoms with Gasteiger partial charge in [-0.1, -0.05) is 182 Å². The van der Waals surface area contributed by atoms with Gasteiger partial charge < -0.3 is 4.42 Å². The normalized spacial score (nSPS) is 11.3. The van der Waals surface area contributed by atoms with Gasteiger partial charge in [-0.25, -0.2) is 19.9 Å². The molecule has 0 aliphatic heterocycles. The summed E-state index contributed by atoms with van der Waals surface area (Å²) >= 11 is 0. The van der Waals surface area contributed by atoms with E-state index in [1.165, 1.54) is 0 Å². The van der Waals surface area contributed by atoms with E-state index in [1.807, 2.05) is 97.1 Å². The predicted molar refractivity (Wildman–Crippen MR) is 221 cm³/mol. The smallest absolute Gasteiger partial charge is 0.231 e. The summed E-state index contributed by atoms with van der Waals surface area (Å²) in [6.45, 7) is 0. The van der Waals surface area contributed by atoms with Gasteiger partial charge in [-0.05, 0) is 28.3 Å². The average molecular weight is 706 g/mol. The fourth-order valence-corrected chi connectivity index (χ4v) is 6.97. The van der Waals surface area contributed by atoms with Crippen LogP contribution < -0.4 is 0 Å². The number of rotatable bonds is 7. The number of para-hydroxylation sites is 1. The Morgan fingerprint density at radius 1 is 0.273 bits per heavy atom. The number of benzene rings is 7. The van der Waals surface area contributed by atoms with Gasteiger partial charge in [0.25, 0.3) is 0 Å². The predicted octanol–water partition coefficient (Wildman–Crippen LogP) is 12.2. The van der Waals surface area contributed by atoms with Gasteiger partial charge in [-0.2, -0.15) is 4.98 Å². The van der Waals surface area contributed by atoms with Gasteiger partial charge in [-0.15, -0.1) is 0 Å². The van der Waals surface area contributed by atoms with Gasteiger partial charge in [0, 0.05) is 33.2 Å². The molecule has 3 heterocycles. The summed E-state index contributed by atoms with van der Waals surface area (Å²) in [5.41, 5.74) is 11.5. The SMILES string of the molecule is c1ccc(-c2nc(-c3ccccc3)nc(-c3ccc(-c4ccc(-c5ccc(-c6nc(-c7ccccc7)c7c(n6)oc6ccccc67)cc5)cc4)cc3)n2)cc1. The topological polar surface area (TPSA) is 77.6 Å². The quantitative estimate of drug-likeness (QED) is 0.164. The Morgan fingerprint density at radius 3 is 1.07 bits per heavy atom. The van der Waals surface area contributed by atoms with E-state index in [0.717, 1.165) is 72.1 Å². The molecule has 0 fully saturated rings. The Hall–Kier alpha value is -7.57. The minimum absolute atomic E-state index is 0.583. The van der Waals surface area contributed by atoms with Crippen LogP contribution in [0.3, 0.4) is 0 Å². The van der Waals surface area contributed by atoms with Gasteiger partial charge in [0.1, 0.15) is 5.58 Å². The lowest BCUT2D eigenvalue weighted by Gasteiger charge is -2.10. The summed E-state index contributed by atoms with van der Waals surface area (Å²) < 4.78 is 6.23. The Bertz CT molecular complexity index is 2870. The molecule has 0 aliphatic rings. The molecule has 55 heavy (non-hydrogen) atoms. The van der Waals surface area contributed by atoms with Crippen LogP contribution in [-0.4, -0.2) is 24.9 Å². The molecule has 7 aromatic carbocycles. The number of furan rings is 1. The van der Waals surface area contributed by atoms with Crippen molar-refractivity contribution in [3.05, 3.63) is 188 Å². The maximum atomic E-state index is 6.23. The third-order valence-electron chi connectivity index (χ3n) is 9.82. The zero-order chi connectivity index (χ0) is 36.6. The lowest BCUT2D eigenvalue weighted by Crippen LogP contribution is -2.00. The fourth-order valence-electron chi connectivity index (χ4n) is 6.97. The van der Waals surface area contributed by atoms with Crippen LogP contribution in [0.5, 0.6) is 0 Å². The van der Waals surface area contributed by atoms with Gasteiger partial charge in [0.05, 0.1) is 11.1 Å². The van der Waals surface area contributed by atoms with Crippen molar-refractivity contribution in [2.45, 2.75) is 0 Å². The average Bonchev–Trinajstić information content (AvgIpc) is 3.66. The monoisotopic (exact) mass is 705 g/mol. The van der Waals surface area contributed by atoms with E-state index in [-0.39, 0.29) is 0 Å². The van der Waals surface area contributed by atoms with Crippen molar-refractivity contribution in [3.63, 3.8) is 0 Å². The molecule has 258 valence electrons. The molecule has 10 aromatic rings. The van der Waals surface area contributed by atoms with Gasteiger partial charge >= 0.3 is 0 Å². The van der Waals surface area contributed by atoms with Crippen molar-refractivity contribution in [1.82, 2.24) is 24.9 Å².